The molecular formula is C10H7KO2S. The second-order valence-corrected chi connectivity index (χ2v) is 3.62. The second-order valence-electron chi connectivity index (χ2n) is 2.71. The molecule has 0 N–H and O–H groups in total. The van der Waals surface area contributed by atoms with Crippen LogP contribution in [0.1, 0.15) is 0 Å². The molecule has 1 atom stereocenters. The van der Waals surface area contributed by atoms with E-state index in [1.54, 1.807) is 18.2 Å². The predicted molar refractivity (Wildman–Crippen MR) is 51.1 cm³/mol. The van der Waals surface area contributed by atoms with Crippen molar-refractivity contribution in [3.05, 3.63) is 42.5 Å². The molecule has 2 rings (SSSR count). The summed E-state index contributed by atoms with van der Waals surface area (Å²) in [4.78, 5) is 0.359. The van der Waals surface area contributed by atoms with Crippen molar-refractivity contribution in [2.45, 2.75) is 4.90 Å². The summed E-state index contributed by atoms with van der Waals surface area (Å²) >= 11 is -2.15. The molecule has 0 aromatic heterocycles. The molecule has 0 aliphatic heterocycles. The van der Waals surface area contributed by atoms with E-state index < -0.39 is 11.1 Å². The third-order valence-corrected chi connectivity index (χ3v) is 2.64. The standard InChI is InChI=1S/C10H8O2S.K/c11-13(12)10-7-3-5-8-4-1-2-6-9(8)10;/h1-7H,(H,11,12);/q;+1/p-1. The average Bonchev–Trinajstić information content (AvgIpc) is 2.17. The minimum atomic E-state index is -2.15. The first-order valence-electron chi connectivity index (χ1n) is 3.86. The van der Waals surface area contributed by atoms with Gasteiger partial charge in [-0.15, -0.1) is 0 Å². The van der Waals surface area contributed by atoms with Gasteiger partial charge in [-0.05, 0) is 27.9 Å². The molecule has 2 aromatic carbocycles. The van der Waals surface area contributed by atoms with E-state index in [9.17, 15) is 8.76 Å². The zero-order valence-electron chi connectivity index (χ0n) is 7.77. The van der Waals surface area contributed by atoms with Crippen molar-refractivity contribution >= 4 is 21.9 Å². The third kappa shape index (κ3) is 2.52. The Morgan fingerprint density at radius 3 is 2.36 bits per heavy atom. The molecule has 0 radical (unpaired) electrons. The van der Waals surface area contributed by atoms with Crippen molar-refractivity contribution in [1.82, 2.24) is 0 Å². The molecule has 14 heavy (non-hydrogen) atoms. The van der Waals surface area contributed by atoms with E-state index in [0.29, 0.717) is 4.90 Å². The fraction of sp³-hybridized carbons (Fsp3) is 0. The van der Waals surface area contributed by atoms with Gasteiger partial charge in [-0.3, -0.25) is 4.21 Å². The molecule has 0 aliphatic carbocycles. The Kier molecular flexibility index (Phi) is 4.92. The van der Waals surface area contributed by atoms with Gasteiger partial charge in [0.2, 0.25) is 0 Å². The number of hydrogen-bond acceptors (Lipinski definition) is 2. The topological polar surface area (TPSA) is 40.1 Å². The first-order chi connectivity index (χ1) is 6.29. The molecule has 66 valence electrons. The maximum absolute atomic E-state index is 10.8. The van der Waals surface area contributed by atoms with Gasteiger partial charge in [-0.25, -0.2) is 0 Å². The van der Waals surface area contributed by atoms with Gasteiger partial charge < -0.3 is 4.55 Å². The minimum Gasteiger partial charge on any atom is -0.768 e. The van der Waals surface area contributed by atoms with Gasteiger partial charge >= 0.3 is 51.4 Å². The zero-order chi connectivity index (χ0) is 9.26. The van der Waals surface area contributed by atoms with Crippen LogP contribution < -0.4 is 51.4 Å². The van der Waals surface area contributed by atoms with E-state index in [1.807, 2.05) is 24.3 Å². The molecule has 2 aromatic rings. The summed E-state index contributed by atoms with van der Waals surface area (Å²) in [5, 5.41) is 1.72. The Bertz CT molecular complexity index is 465. The molecule has 1 unspecified atom stereocenters. The summed E-state index contributed by atoms with van der Waals surface area (Å²) in [5.41, 5.74) is 0. The number of hydrogen-bond donors (Lipinski definition) is 0. The SMILES string of the molecule is O=S([O-])c1cccc2ccccc12.[K+]. The van der Waals surface area contributed by atoms with Crippen LogP contribution in [0.15, 0.2) is 47.4 Å². The summed E-state index contributed by atoms with van der Waals surface area (Å²) in [6, 6.07) is 12.7. The van der Waals surface area contributed by atoms with E-state index in [2.05, 4.69) is 0 Å². The molecule has 0 fully saturated rings. The molecule has 4 heteroatoms. The van der Waals surface area contributed by atoms with Crippen molar-refractivity contribution in [3.8, 4) is 0 Å². The molecule has 0 heterocycles. The minimum absolute atomic E-state index is 0. The molecule has 0 aliphatic rings. The molecule has 0 amide bonds. The van der Waals surface area contributed by atoms with Gasteiger partial charge in [0.1, 0.15) is 0 Å². The Hall–Kier alpha value is 0.446. The van der Waals surface area contributed by atoms with Crippen LogP contribution in [0.5, 0.6) is 0 Å². The summed E-state index contributed by atoms with van der Waals surface area (Å²) in [5.74, 6) is 0. The number of rotatable bonds is 1. The van der Waals surface area contributed by atoms with Crippen molar-refractivity contribution in [2.24, 2.45) is 0 Å². The van der Waals surface area contributed by atoms with E-state index in [0.717, 1.165) is 10.8 Å². The maximum atomic E-state index is 10.8. The molecular weight excluding hydrogens is 223 g/mol. The van der Waals surface area contributed by atoms with E-state index >= 15 is 0 Å². The first-order valence-corrected chi connectivity index (χ1v) is 4.93. The van der Waals surface area contributed by atoms with Crippen LogP contribution in [0.2, 0.25) is 0 Å². The fourth-order valence-electron chi connectivity index (χ4n) is 1.34. The van der Waals surface area contributed by atoms with Gasteiger partial charge in [0.15, 0.2) is 0 Å². The summed E-state index contributed by atoms with van der Waals surface area (Å²) < 4.78 is 21.6. The molecule has 0 bridgehead atoms. The molecule has 0 spiro atoms. The normalized spacial score (nSPS) is 12.1. The quantitative estimate of drug-likeness (QED) is 0.470. The molecule has 2 nitrogen and oxygen atoms in total. The number of benzene rings is 2. The van der Waals surface area contributed by atoms with Gasteiger partial charge in [-0.2, -0.15) is 0 Å². The van der Waals surface area contributed by atoms with Gasteiger partial charge in [0.25, 0.3) is 0 Å². The van der Waals surface area contributed by atoms with Crippen molar-refractivity contribution in [2.75, 3.05) is 0 Å². The smallest absolute Gasteiger partial charge is 0.768 e. The van der Waals surface area contributed by atoms with Crippen molar-refractivity contribution in [3.63, 3.8) is 0 Å². The van der Waals surface area contributed by atoms with Gasteiger partial charge in [0.05, 0.1) is 0 Å². The Labute approximate surface area is 127 Å². The number of fused-ring (bicyclic) bond motifs is 1. The summed E-state index contributed by atoms with van der Waals surface area (Å²) in [6.45, 7) is 0. The second kappa shape index (κ2) is 5.51. The maximum Gasteiger partial charge on any atom is 1.00 e. The van der Waals surface area contributed by atoms with Crippen molar-refractivity contribution in [1.29, 1.82) is 0 Å². The summed E-state index contributed by atoms with van der Waals surface area (Å²) in [7, 11) is 0. The van der Waals surface area contributed by atoms with Crippen LogP contribution in [-0.2, 0) is 11.1 Å². The molecule has 0 saturated carbocycles. The van der Waals surface area contributed by atoms with Crippen LogP contribution in [0.3, 0.4) is 0 Å². The van der Waals surface area contributed by atoms with Crippen LogP contribution in [0, 0.1) is 0 Å². The van der Waals surface area contributed by atoms with E-state index in [4.69, 9.17) is 0 Å². The molecule has 0 saturated heterocycles. The Morgan fingerprint density at radius 2 is 1.64 bits per heavy atom. The monoisotopic (exact) mass is 230 g/mol. The third-order valence-electron chi connectivity index (χ3n) is 1.93. The van der Waals surface area contributed by atoms with Crippen LogP contribution >= 0.6 is 0 Å². The van der Waals surface area contributed by atoms with Crippen LogP contribution in [-0.4, -0.2) is 8.76 Å². The van der Waals surface area contributed by atoms with Crippen LogP contribution in [0.25, 0.3) is 10.8 Å². The van der Waals surface area contributed by atoms with Crippen molar-refractivity contribution < 1.29 is 60.1 Å². The Morgan fingerprint density at radius 1 is 1.00 bits per heavy atom. The van der Waals surface area contributed by atoms with E-state index in [-0.39, 0.29) is 51.4 Å². The Balaban J connectivity index is 0.000000980. The first kappa shape index (κ1) is 12.5. The average molecular weight is 230 g/mol. The zero-order valence-corrected chi connectivity index (χ0v) is 11.7. The van der Waals surface area contributed by atoms with Gasteiger partial charge in [0, 0.05) is 4.90 Å². The largest absolute Gasteiger partial charge is 1.00 e. The fourth-order valence-corrected chi connectivity index (χ4v) is 1.90. The predicted octanol–water partition coefficient (Wildman–Crippen LogP) is -0.918. The van der Waals surface area contributed by atoms with E-state index in [1.165, 1.54) is 0 Å². The summed E-state index contributed by atoms with van der Waals surface area (Å²) in [6.07, 6.45) is 0. The van der Waals surface area contributed by atoms with Gasteiger partial charge in [-0.1, -0.05) is 36.4 Å². The van der Waals surface area contributed by atoms with Crippen LogP contribution in [0.4, 0.5) is 0 Å².